The maximum absolute atomic E-state index is 11.6. The van der Waals surface area contributed by atoms with Crippen molar-refractivity contribution in [2.24, 2.45) is 0 Å². The highest BCUT2D eigenvalue weighted by atomic mass is 16.2. The number of carbonyl (C=O) groups is 2. The second kappa shape index (κ2) is 4.26. The third kappa shape index (κ3) is 1.91. The van der Waals surface area contributed by atoms with Gasteiger partial charge in [0, 0.05) is 12.1 Å². The van der Waals surface area contributed by atoms with Crippen molar-refractivity contribution >= 4 is 17.9 Å². The predicted molar refractivity (Wildman–Crippen MR) is 57.7 cm³/mol. The minimum absolute atomic E-state index is 0.0575. The molecule has 2 rings (SSSR count). The Kier molecular flexibility index (Phi) is 2.81. The minimum Gasteiger partial charge on any atom is -0.325 e. The monoisotopic (exact) mass is 203 g/mol. The van der Waals surface area contributed by atoms with Crippen molar-refractivity contribution in [2.45, 2.75) is 25.2 Å². The summed E-state index contributed by atoms with van der Waals surface area (Å²) in [7, 11) is 0. The number of hydrogen-bond donors (Lipinski definition) is 1. The van der Waals surface area contributed by atoms with Crippen LogP contribution in [-0.2, 0) is 9.59 Å². The normalized spacial score (nSPS) is 18.4. The highest BCUT2D eigenvalue weighted by Crippen LogP contribution is 2.35. The van der Waals surface area contributed by atoms with E-state index < -0.39 is 0 Å². The van der Waals surface area contributed by atoms with E-state index >= 15 is 0 Å². The topological polar surface area (TPSA) is 46.2 Å². The van der Waals surface area contributed by atoms with Crippen LogP contribution in [0.5, 0.6) is 0 Å². The summed E-state index contributed by atoms with van der Waals surface area (Å²) in [5, 5.41) is 2.85. The molecule has 0 saturated heterocycles. The van der Waals surface area contributed by atoms with E-state index in [1.165, 1.54) is 0 Å². The zero-order valence-electron chi connectivity index (χ0n) is 8.40. The Hall–Kier alpha value is -1.64. The van der Waals surface area contributed by atoms with Crippen LogP contribution in [0, 0.1) is 0 Å². The zero-order valence-corrected chi connectivity index (χ0v) is 8.40. The fourth-order valence-electron chi connectivity index (χ4n) is 1.97. The average molecular weight is 203 g/mol. The molecule has 3 heteroatoms. The lowest BCUT2D eigenvalue weighted by atomic mass is 9.95. The first-order valence-corrected chi connectivity index (χ1v) is 5.16. The first-order valence-electron chi connectivity index (χ1n) is 5.16. The lowest BCUT2D eigenvalue weighted by Crippen LogP contribution is -2.11. The van der Waals surface area contributed by atoms with Crippen LogP contribution in [0.1, 0.15) is 30.7 Å². The number of anilines is 1. The summed E-state index contributed by atoms with van der Waals surface area (Å²) in [6.07, 6.45) is 2.96. The molecule has 1 aliphatic rings. The lowest BCUT2D eigenvalue weighted by molar-refractivity contribution is -0.117. The summed E-state index contributed by atoms with van der Waals surface area (Å²) >= 11 is 0. The number of rotatable bonds is 4. The molecule has 0 spiro atoms. The van der Waals surface area contributed by atoms with Gasteiger partial charge in [0.05, 0.1) is 5.92 Å². The van der Waals surface area contributed by atoms with E-state index in [9.17, 15) is 9.59 Å². The zero-order chi connectivity index (χ0) is 10.7. The fraction of sp³-hybridized carbons (Fsp3) is 0.333. The van der Waals surface area contributed by atoms with Gasteiger partial charge in [-0.3, -0.25) is 4.79 Å². The lowest BCUT2D eigenvalue weighted by Gasteiger charge is -2.06. The van der Waals surface area contributed by atoms with E-state index in [1.54, 1.807) is 0 Å². The summed E-state index contributed by atoms with van der Waals surface area (Å²) in [5.41, 5.74) is 1.98. The summed E-state index contributed by atoms with van der Waals surface area (Å²) < 4.78 is 0. The number of nitrogens with one attached hydrogen (secondary N) is 1. The Morgan fingerprint density at radius 1 is 1.33 bits per heavy atom. The third-order valence-electron chi connectivity index (χ3n) is 2.73. The van der Waals surface area contributed by atoms with Crippen LogP contribution in [0.4, 0.5) is 5.69 Å². The third-order valence-corrected chi connectivity index (χ3v) is 2.73. The van der Waals surface area contributed by atoms with Crippen molar-refractivity contribution in [1.29, 1.82) is 0 Å². The van der Waals surface area contributed by atoms with Crippen molar-refractivity contribution in [1.82, 2.24) is 0 Å². The van der Waals surface area contributed by atoms with Crippen LogP contribution >= 0.6 is 0 Å². The van der Waals surface area contributed by atoms with E-state index in [2.05, 4.69) is 5.32 Å². The molecule has 0 aromatic heterocycles. The van der Waals surface area contributed by atoms with Crippen LogP contribution in [0.25, 0.3) is 0 Å². The number of fused-ring (bicyclic) bond motifs is 1. The molecule has 1 atom stereocenters. The molecule has 3 nitrogen and oxygen atoms in total. The van der Waals surface area contributed by atoms with Crippen molar-refractivity contribution in [2.75, 3.05) is 5.32 Å². The van der Waals surface area contributed by atoms with Crippen LogP contribution in [0.3, 0.4) is 0 Å². The molecule has 1 amide bonds. The number of amides is 1. The molecule has 1 N–H and O–H groups in total. The largest absolute Gasteiger partial charge is 0.325 e. The number of hydrogen-bond acceptors (Lipinski definition) is 2. The number of benzene rings is 1. The van der Waals surface area contributed by atoms with Crippen molar-refractivity contribution in [3.63, 3.8) is 0 Å². The van der Waals surface area contributed by atoms with E-state index in [0.717, 1.165) is 30.4 Å². The van der Waals surface area contributed by atoms with E-state index in [1.807, 2.05) is 24.3 Å². The Morgan fingerprint density at radius 3 is 2.93 bits per heavy atom. The molecule has 0 fully saturated rings. The Bertz CT molecular complexity index is 387. The van der Waals surface area contributed by atoms with Gasteiger partial charge in [0.2, 0.25) is 5.91 Å². The smallest absolute Gasteiger partial charge is 0.232 e. The number of carbonyl (C=O) groups excluding carboxylic acids is 2. The fourth-order valence-corrected chi connectivity index (χ4v) is 1.97. The Balaban J connectivity index is 2.11. The summed E-state index contributed by atoms with van der Waals surface area (Å²) in [5.74, 6) is -0.0109. The van der Waals surface area contributed by atoms with Crippen molar-refractivity contribution < 1.29 is 9.59 Å². The molecule has 1 unspecified atom stereocenters. The molecule has 15 heavy (non-hydrogen) atoms. The van der Waals surface area contributed by atoms with Crippen molar-refractivity contribution in [3.8, 4) is 0 Å². The molecule has 0 saturated carbocycles. The van der Waals surface area contributed by atoms with Gasteiger partial charge in [0.1, 0.15) is 6.29 Å². The average Bonchev–Trinajstić information content (AvgIpc) is 2.56. The van der Waals surface area contributed by atoms with Gasteiger partial charge in [-0.1, -0.05) is 18.2 Å². The maximum atomic E-state index is 11.6. The molecule has 1 aliphatic heterocycles. The molecular formula is C12H13NO2. The molecule has 78 valence electrons. The molecule has 0 bridgehead atoms. The van der Waals surface area contributed by atoms with E-state index in [4.69, 9.17) is 0 Å². The van der Waals surface area contributed by atoms with Gasteiger partial charge in [0.15, 0.2) is 0 Å². The summed E-state index contributed by atoms with van der Waals surface area (Å²) in [6.45, 7) is 0. The van der Waals surface area contributed by atoms with Gasteiger partial charge >= 0.3 is 0 Å². The molecule has 0 radical (unpaired) electrons. The first-order chi connectivity index (χ1) is 7.33. The van der Waals surface area contributed by atoms with Gasteiger partial charge in [-0.05, 0) is 24.5 Å². The maximum Gasteiger partial charge on any atom is 0.232 e. The van der Waals surface area contributed by atoms with Gasteiger partial charge < -0.3 is 10.1 Å². The number of para-hydroxylation sites is 1. The van der Waals surface area contributed by atoms with Crippen LogP contribution in [-0.4, -0.2) is 12.2 Å². The first kappa shape index (κ1) is 9.90. The number of aldehydes is 1. The predicted octanol–water partition coefficient (Wildman–Crippen LogP) is 2.09. The van der Waals surface area contributed by atoms with Gasteiger partial charge in [-0.15, -0.1) is 0 Å². The summed E-state index contributed by atoms with van der Waals surface area (Å²) in [4.78, 5) is 21.8. The van der Waals surface area contributed by atoms with Gasteiger partial charge in [-0.25, -0.2) is 0 Å². The van der Waals surface area contributed by atoms with E-state index in [0.29, 0.717) is 6.42 Å². The van der Waals surface area contributed by atoms with Gasteiger partial charge in [-0.2, -0.15) is 0 Å². The van der Waals surface area contributed by atoms with Gasteiger partial charge in [0.25, 0.3) is 0 Å². The van der Waals surface area contributed by atoms with Crippen LogP contribution in [0.15, 0.2) is 24.3 Å². The van der Waals surface area contributed by atoms with Crippen molar-refractivity contribution in [3.05, 3.63) is 29.8 Å². The molecular weight excluding hydrogens is 190 g/mol. The summed E-state index contributed by atoms with van der Waals surface area (Å²) in [6, 6.07) is 7.73. The standard InChI is InChI=1S/C12H13NO2/c14-8-4-3-6-10-9-5-1-2-7-11(9)13-12(10)15/h1-2,5,7-8,10H,3-4,6H2,(H,13,15). The highest BCUT2D eigenvalue weighted by molar-refractivity contribution is 6.02. The Morgan fingerprint density at radius 2 is 2.13 bits per heavy atom. The molecule has 0 aliphatic carbocycles. The van der Waals surface area contributed by atoms with Crippen LogP contribution in [0.2, 0.25) is 0 Å². The van der Waals surface area contributed by atoms with E-state index in [-0.39, 0.29) is 11.8 Å². The number of unbranched alkanes of at least 4 members (excludes halogenated alkanes) is 1. The second-order valence-corrected chi connectivity index (χ2v) is 3.73. The van der Waals surface area contributed by atoms with Crippen LogP contribution < -0.4 is 5.32 Å². The molecule has 1 aromatic rings. The highest BCUT2D eigenvalue weighted by Gasteiger charge is 2.29. The molecule has 1 aromatic carbocycles. The second-order valence-electron chi connectivity index (χ2n) is 3.73. The molecule has 1 heterocycles. The quantitative estimate of drug-likeness (QED) is 0.601. The SMILES string of the molecule is O=CCCCC1C(=O)Nc2ccccc21. The Labute approximate surface area is 88.5 Å². The minimum atomic E-state index is -0.0684.